The van der Waals surface area contributed by atoms with E-state index in [1.807, 2.05) is 0 Å². The molecule has 1 rings (SSSR count). The Balaban J connectivity index is 0.00000196. The highest BCUT2D eigenvalue weighted by atomic mass is 35.5. The summed E-state index contributed by atoms with van der Waals surface area (Å²) in [4.78, 5) is 3.88. The second kappa shape index (κ2) is 5.76. The van der Waals surface area contributed by atoms with E-state index in [1.165, 1.54) is 6.20 Å². The fourth-order valence-electron chi connectivity index (χ4n) is 0.837. The molecule has 0 amide bonds. The number of sulfonamides is 1. The predicted molar refractivity (Wildman–Crippen MR) is 62.9 cm³/mol. The van der Waals surface area contributed by atoms with Gasteiger partial charge in [0.25, 0.3) is 10.0 Å². The van der Waals surface area contributed by atoms with E-state index in [9.17, 15) is 8.42 Å². The Morgan fingerprint density at radius 3 is 2.67 bits per heavy atom. The zero-order chi connectivity index (χ0) is 10.8. The van der Waals surface area contributed by atoms with Crippen LogP contribution in [0.5, 0.6) is 0 Å². The zero-order valence-electron chi connectivity index (χ0n) is 8.43. The summed E-state index contributed by atoms with van der Waals surface area (Å²) in [5, 5.41) is 0.728. The summed E-state index contributed by atoms with van der Waals surface area (Å²) >= 11 is 1.14. The van der Waals surface area contributed by atoms with Crippen molar-refractivity contribution in [1.29, 1.82) is 0 Å². The Kier molecular flexibility index (Phi) is 5.68. The number of nitrogens with zero attached hydrogens (tertiary/aromatic N) is 1. The molecule has 1 heterocycles. The quantitative estimate of drug-likeness (QED) is 0.835. The normalized spacial score (nSPS) is 13.3. The summed E-state index contributed by atoms with van der Waals surface area (Å²) in [6, 6.07) is -0.262. The van der Waals surface area contributed by atoms with Crippen LogP contribution >= 0.6 is 23.7 Å². The SMILES string of the molecule is Cc1ncc(S(=O)(=O)N[C@H](C)CN)s1.Cl. The lowest BCUT2D eigenvalue weighted by molar-refractivity contribution is 0.564. The first-order valence-electron chi connectivity index (χ1n) is 4.10. The molecule has 0 spiro atoms. The summed E-state index contributed by atoms with van der Waals surface area (Å²) in [6.45, 7) is 3.75. The van der Waals surface area contributed by atoms with E-state index < -0.39 is 10.0 Å². The molecule has 0 radical (unpaired) electrons. The van der Waals surface area contributed by atoms with Gasteiger partial charge in [-0.3, -0.25) is 0 Å². The number of hydrogen-bond acceptors (Lipinski definition) is 5. The summed E-state index contributed by atoms with van der Waals surface area (Å²) < 4.78 is 25.9. The van der Waals surface area contributed by atoms with Crippen molar-refractivity contribution >= 4 is 33.8 Å². The Morgan fingerprint density at radius 1 is 1.67 bits per heavy atom. The van der Waals surface area contributed by atoms with Crippen LogP contribution in [0.4, 0.5) is 0 Å². The molecule has 88 valence electrons. The number of aromatic nitrogens is 1. The van der Waals surface area contributed by atoms with E-state index in [4.69, 9.17) is 5.73 Å². The molecule has 3 N–H and O–H groups in total. The molecule has 0 aliphatic rings. The molecular weight excluding hydrogens is 258 g/mol. The average molecular weight is 272 g/mol. The van der Waals surface area contributed by atoms with Crippen molar-refractivity contribution in [2.45, 2.75) is 24.1 Å². The molecule has 0 unspecified atom stereocenters. The van der Waals surface area contributed by atoms with Gasteiger partial charge in [-0.15, -0.1) is 23.7 Å². The molecule has 0 aliphatic carbocycles. The molecule has 1 aromatic heterocycles. The molecule has 0 saturated carbocycles. The van der Waals surface area contributed by atoms with Crippen LogP contribution in [0.2, 0.25) is 0 Å². The maximum absolute atomic E-state index is 11.6. The van der Waals surface area contributed by atoms with Gasteiger partial charge in [0.05, 0.1) is 11.2 Å². The topological polar surface area (TPSA) is 85.1 Å². The van der Waals surface area contributed by atoms with Crippen LogP contribution in [0.25, 0.3) is 0 Å². The molecule has 0 aliphatic heterocycles. The predicted octanol–water partition coefficient (Wildman–Crippen LogP) is 0.499. The maximum atomic E-state index is 11.6. The number of aryl methyl sites for hydroxylation is 1. The van der Waals surface area contributed by atoms with Crippen molar-refractivity contribution in [3.8, 4) is 0 Å². The zero-order valence-corrected chi connectivity index (χ0v) is 10.9. The van der Waals surface area contributed by atoms with Crippen molar-refractivity contribution < 1.29 is 8.42 Å². The molecule has 0 aromatic carbocycles. The minimum Gasteiger partial charge on any atom is -0.329 e. The van der Waals surface area contributed by atoms with Crippen molar-refractivity contribution in [3.63, 3.8) is 0 Å². The molecule has 0 fully saturated rings. The summed E-state index contributed by atoms with van der Waals surface area (Å²) in [5.41, 5.74) is 5.32. The summed E-state index contributed by atoms with van der Waals surface area (Å²) in [7, 11) is -3.42. The molecule has 15 heavy (non-hydrogen) atoms. The number of thiazole rings is 1. The minimum atomic E-state index is -3.42. The number of nitrogens with one attached hydrogen (secondary N) is 1. The van der Waals surface area contributed by atoms with E-state index in [-0.39, 0.29) is 29.2 Å². The van der Waals surface area contributed by atoms with Crippen molar-refractivity contribution in [2.24, 2.45) is 5.73 Å². The Labute approximate surface area is 99.6 Å². The van der Waals surface area contributed by atoms with Crippen LogP contribution in [0.1, 0.15) is 11.9 Å². The Morgan fingerprint density at radius 2 is 2.27 bits per heavy atom. The molecule has 0 saturated heterocycles. The van der Waals surface area contributed by atoms with Gasteiger partial charge in [0.1, 0.15) is 0 Å². The van der Waals surface area contributed by atoms with Gasteiger partial charge < -0.3 is 5.73 Å². The highest BCUT2D eigenvalue weighted by Crippen LogP contribution is 2.17. The smallest absolute Gasteiger partial charge is 0.251 e. The fraction of sp³-hybridized carbons (Fsp3) is 0.571. The van der Waals surface area contributed by atoms with E-state index in [0.29, 0.717) is 0 Å². The highest BCUT2D eigenvalue weighted by Gasteiger charge is 2.18. The fourth-order valence-corrected chi connectivity index (χ4v) is 3.22. The molecule has 5 nitrogen and oxygen atoms in total. The summed E-state index contributed by atoms with van der Waals surface area (Å²) in [6.07, 6.45) is 1.35. The van der Waals surface area contributed by atoms with Gasteiger partial charge in [-0.2, -0.15) is 0 Å². The van der Waals surface area contributed by atoms with Gasteiger partial charge >= 0.3 is 0 Å². The van der Waals surface area contributed by atoms with E-state index in [1.54, 1.807) is 13.8 Å². The molecule has 0 bridgehead atoms. The second-order valence-electron chi connectivity index (χ2n) is 2.96. The van der Waals surface area contributed by atoms with Crippen LogP contribution in [-0.4, -0.2) is 26.0 Å². The van der Waals surface area contributed by atoms with Crippen LogP contribution in [0.15, 0.2) is 10.4 Å². The maximum Gasteiger partial charge on any atom is 0.251 e. The van der Waals surface area contributed by atoms with Gasteiger partial charge in [-0.05, 0) is 13.8 Å². The van der Waals surface area contributed by atoms with E-state index in [0.717, 1.165) is 16.3 Å². The highest BCUT2D eigenvalue weighted by molar-refractivity contribution is 7.91. The molecule has 1 atom stereocenters. The van der Waals surface area contributed by atoms with Crippen molar-refractivity contribution in [2.75, 3.05) is 6.54 Å². The third-order valence-electron chi connectivity index (χ3n) is 1.57. The lowest BCUT2D eigenvalue weighted by Crippen LogP contribution is -2.37. The van der Waals surface area contributed by atoms with Gasteiger partial charge in [-0.1, -0.05) is 0 Å². The lowest BCUT2D eigenvalue weighted by atomic mass is 10.4. The van der Waals surface area contributed by atoms with Gasteiger partial charge in [0, 0.05) is 12.6 Å². The van der Waals surface area contributed by atoms with Crippen LogP contribution in [0, 0.1) is 6.92 Å². The van der Waals surface area contributed by atoms with E-state index >= 15 is 0 Å². The Bertz CT molecular complexity index is 404. The second-order valence-corrected chi connectivity index (χ2v) is 6.13. The number of hydrogen-bond donors (Lipinski definition) is 2. The number of halogens is 1. The van der Waals surface area contributed by atoms with Gasteiger partial charge in [0.15, 0.2) is 4.21 Å². The molecule has 1 aromatic rings. The van der Waals surface area contributed by atoms with Gasteiger partial charge in [-0.25, -0.2) is 18.1 Å². The average Bonchev–Trinajstić information content (AvgIpc) is 2.51. The van der Waals surface area contributed by atoms with Crippen molar-refractivity contribution in [3.05, 3.63) is 11.2 Å². The third kappa shape index (κ3) is 4.04. The standard InChI is InChI=1S/C7H13N3O2S2.ClH/c1-5(3-8)10-14(11,12)7-4-9-6(2)13-7;/h4-5,10H,3,8H2,1-2H3;1H/t5-;/m1./s1. The Hall–Kier alpha value is -0.210. The first kappa shape index (κ1) is 14.8. The lowest BCUT2D eigenvalue weighted by Gasteiger charge is -2.09. The first-order chi connectivity index (χ1) is 6.45. The van der Waals surface area contributed by atoms with Crippen LogP contribution < -0.4 is 10.5 Å². The molecule has 8 heteroatoms. The minimum absolute atomic E-state index is 0. The molecular formula is C7H14ClN3O2S2. The van der Waals surface area contributed by atoms with Gasteiger partial charge in [0.2, 0.25) is 0 Å². The summed E-state index contributed by atoms with van der Waals surface area (Å²) in [5.74, 6) is 0. The first-order valence-corrected chi connectivity index (χ1v) is 6.40. The third-order valence-corrected chi connectivity index (χ3v) is 4.54. The largest absolute Gasteiger partial charge is 0.329 e. The van der Waals surface area contributed by atoms with Crippen molar-refractivity contribution in [1.82, 2.24) is 9.71 Å². The van der Waals surface area contributed by atoms with Crippen LogP contribution in [0.3, 0.4) is 0 Å². The van der Waals surface area contributed by atoms with E-state index in [2.05, 4.69) is 9.71 Å². The number of rotatable bonds is 4. The number of nitrogens with two attached hydrogens (primary N) is 1. The monoisotopic (exact) mass is 271 g/mol. The van der Waals surface area contributed by atoms with Crippen LogP contribution in [-0.2, 0) is 10.0 Å².